The Morgan fingerprint density at radius 3 is 2.24 bits per heavy atom. The third-order valence-electron chi connectivity index (χ3n) is 5.03. The fraction of sp³-hybridized carbons (Fsp3) is 0.167. The molecule has 13 heteroatoms. The summed E-state index contributed by atoms with van der Waals surface area (Å²) in [5, 5.41) is 16.2. The summed E-state index contributed by atoms with van der Waals surface area (Å²) < 4.78 is 9.74. The Kier molecular flexibility index (Phi) is 8.58. The van der Waals surface area contributed by atoms with Crippen molar-refractivity contribution in [1.29, 1.82) is 0 Å². The first kappa shape index (κ1) is 27.3. The monoisotopic (exact) mass is 545 g/mol. The number of esters is 2. The largest absolute Gasteiger partial charge is 0.465 e. The van der Waals surface area contributed by atoms with Gasteiger partial charge in [-0.2, -0.15) is 0 Å². The summed E-state index contributed by atoms with van der Waals surface area (Å²) in [5.74, 6) is -2.61. The highest BCUT2D eigenvalue weighted by Crippen LogP contribution is 2.35. The van der Waals surface area contributed by atoms with Crippen molar-refractivity contribution in [3.8, 4) is 0 Å². The molecule has 1 heterocycles. The van der Waals surface area contributed by atoms with E-state index in [-0.39, 0.29) is 38.2 Å². The van der Waals surface area contributed by atoms with E-state index in [0.717, 1.165) is 24.5 Å². The minimum absolute atomic E-state index is 0.0229. The van der Waals surface area contributed by atoms with Gasteiger partial charge < -0.3 is 20.1 Å². The van der Waals surface area contributed by atoms with Gasteiger partial charge in [-0.15, -0.1) is 11.3 Å². The third-order valence-corrected chi connectivity index (χ3v) is 6.55. The van der Waals surface area contributed by atoms with E-state index < -0.39 is 34.4 Å². The lowest BCUT2D eigenvalue weighted by atomic mass is 10.1. The smallest absolute Gasteiger partial charge is 0.341 e. The first-order chi connectivity index (χ1) is 17.6. The molecule has 0 unspecified atom stereocenters. The molecule has 0 atom stereocenters. The van der Waals surface area contributed by atoms with Crippen LogP contribution in [0.4, 0.5) is 16.4 Å². The molecule has 0 bridgehead atoms. The van der Waals surface area contributed by atoms with Crippen molar-refractivity contribution >= 4 is 63.1 Å². The van der Waals surface area contributed by atoms with Gasteiger partial charge in [0.2, 0.25) is 0 Å². The number of anilines is 2. The van der Waals surface area contributed by atoms with Crippen LogP contribution in [0.5, 0.6) is 0 Å². The number of amides is 2. The molecule has 0 spiro atoms. The third kappa shape index (κ3) is 6.11. The number of methoxy groups -OCH3 is 1. The van der Waals surface area contributed by atoms with Crippen molar-refractivity contribution in [2.45, 2.75) is 13.8 Å². The minimum Gasteiger partial charge on any atom is -0.465 e. The van der Waals surface area contributed by atoms with Gasteiger partial charge in [-0.25, -0.2) is 9.59 Å². The maximum atomic E-state index is 13.0. The molecule has 0 fully saturated rings. The molecule has 1 aromatic heterocycles. The zero-order valence-corrected chi connectivity index (χ0v) is 21.3. The predicted molar refractivity (Wildman–Crippen MR) is 137 cm³/mol. The fourth-order valence-electron chi connectivity index (χ4n) is 3.23. The number of thiophene rings is 1. The van der Waals surface area contributed by atoms with Crippen LogP contribution in [0.2, 0.25) is 5.02 Å². The second kappa shape index (κ2) is 11.6. The number of hydrogen-bond acceptors (Lipinski definition) is 9. The Morgan fingerprint density at radius 2 is 1.65 bits per heavy atom. The van der Waals surface area contributed by atoms with E-state index in [4.69, 9.17) is 21.1 Å². The molecular formula is C24H20ClN3O8S. The number of nitro benzene ring substituents is 1. The maximum Gasteiger partial charge on any atom is 0.341 e. The summed E-state index contributed by atoms with van der Waals surface area (Å²) >= 11 is 6.64. The van der Waals surface area contributed by atoms with Crippen molar-refractivity contribution in [2.75, 3.05) is 24.4 Å². The highest BCUT2D eigenvalue weighted by molar-refractivity contribution is 7.19. The molecule has 0 aliphatic rings. The normalized spacial score (nSPS) is 10.4. The standard InChI is InChI=1S/C24H20ClN3O8S/c1-4-36-23(31)13-5-8-15(9-6-13)26-21(30)19-12(2)18(24(32)35-3)22(37-19)27-20(29)14-7-10-16(25)17(11-14)28(33)34/h5-11H,4H2,1-3H3,(H,26,30)(H,27,29). The van der Waals surface area contributed by atoms with Crippen LogP contribution in [0.25, 0.3) is 0 Å². The Labute approximate surface area is 219 Å². The minimum atomic E-state index is -0.788. The van der Waals surface area contributed by atoms with Gasteiger partial charge in [0.15, 0.2) is 0 Å². The predicted octanol–water partition coefficient (Wildman–Crippen LogP) is 5.09. The van der Waals surface area contributed by atoms with Gasteiger partial charge in [0.25, 0.3) is 17.5 Å². The number of rotatable bonds is 8. The van der Waals surface area contributed by atoms with E-state index in [9.17, 15) is 29.3 Å². The van der Waals surface area contributed by atoms with Crippen molar-refractivity contribution in [2.24, 2.45) is 0 Å². The number of nitro groups is 1. The van der Waals surface area contributed by atoms with Gasteiger partial charge in [0, 0.05) is 17.3 Å². The molecule has 0 aliphatic carbocycles. The highest BCUT2D eigenvalue weighted by Gasteiger charge is 2.27. The number of nitrogens with zero attached hydrogens (tertiary/aromatic N) is 1. The van der Waals surface area contributed by atoms with Crippen molar-refractivity contribution in [3.63, 3.8) is 0 Å². The zero-order valence-electron chi connectivity index (χ0n) is 19.7. The van der Waals surface area contributed by atoms with Gasteiger partial charge in [-0.05, 0) is 55.8 Å². The Balaban J connectivity index is 1.88. The number of halogens is 1. The van der Waals surface area contributed by atoms with Crippen molar-refractivity contribution < 1.29 is 33.6 Å². The molecule has 0 saturated heterocycles. The number of nitrogens with one attached hydrogen (secondary N) is 2. The van der Waals surface area contributed by atoms with E-state index in [1.165, 1.54) is 43.3 Å². The fourth-order valence-corrected chi connectivity index (χ4v) is 4.50. The summed E-state index contributed by atoms with van der Waals surface area (Å²) in [5.41, 5.74) is 0.378. The second-order valence-corrected chi connectivity index (χ2v) is 8.81. The van der Waals surface area contributed by atoms with Crippen LogP contribution in [-0.2, 0) is 9.47 Å². The number of carbonyl (C=O) groups excluding carboxylic acids is 4. The molecule has 2 amide bonds. The zero-order chi connectivity index (χ0) is 27.3. The molecule has 3 rings (SSSR count). The van der Waals surface area contributed by atoms with Gasteiger partial charge in [0.1, 0.15) is 10.0 Å². The Morgan fingerprint density at radius 1 is 1.00 bits per heavy atom. The van der Waals surface area contributed by atoms with Gasteiger partial charge >= 0.3 is 11.9 Å². The van der Waals surface area contributed by atoms with Crippen LogP contribution in [0.3, 0.4) is 0 Å². The summed E-state index contributed by atoms with van der Waals surface area (Å²) in [6.07, 6.45) is 0. The topological polar surface area (TPSA) is 154 Å². The van der Waals surface area contributed by atoms with Gasteiger partial charge in [-0.3, -0.25) is 19.7 Å². The van der Waals surface area contributed by atoms with Crippen LogP contribution in [0, 0.1) is 17.0 Å². The van der Waals surface area contributed by atoms with Crippen molar-refractivity contribution in [1.82, 2.24) is 0 Å². The average Bonchev–Trinajstić information content (AvgIpc) is 3.19. The summed E-state index contributed by atoms with van der Waals surface area (Å²) in [6, 6.07) is 9.52. The van der Waals surface area contributed by atoms with E-state index in [1.54, 1.807) is 6.92 Å². The molecule has 0 aliphatic heterocycles. The molecule has 192 valence electrons. The van der Waals surface area contributed by atoms with Crippen LogP contribution in [0.1, 0.15) is 53.2 Å². The van der Waals surface area contributed by atoms with E-state index in [2.05, 4.69) is 10.6 Å². The molecule has 0 saturated carbocycles. The maximum absolute atomic E-state index is 13.0. The lowest BCUT2D eigenvalue weighted by Gasteiger charge is -2.07. The average molecular weight is 546 g/mol. The van der Waals surface area contributed by atoms with Crippen LogP contribution in [-0.4, -0.2) is 42.4 Å². The SMILES string of the molecule is CCOC(=O)c1ccc(NC(=O)c2sc(NC(=O)c3ccc(Cl)c([N+](=O)[O-])c3)c(C(=O)OC)c2C)cc1. The lowest BCUT2D eigenvalue weighted by Crippen LogP contribution is -2.14. The molecule has 37 heavy (non-hydrogen) atoms. The van der Waals surface area contributed by atoms with Gasteiger partial charge in [-0.1, -0.05) is 11.6 Å². The van der Waals surface area contributed by atoms with Crippen LogP contribution < -0.4 is 10.6 Å². The number of benzene rings is 2. The van der Waals surface area contributed by atoms with E-state index in [0.29, 0.717) is 11.3 Å². The molecule has 2 aromatic carbocycles. The Bertz CT molecular complexity index is 1400. The van der Waals surface area contributed by atoms with E-state index >= 15 is 0 Å². The van der Waals surface area contributed by atoms with E-state index in [1.807, 2.05) is 0 Å². The van der Waals surface area contributed by atoms with Gasteiger partial charge in [0.05, 0.1) is 34.6 Å². The molecule has 11 nitrogen and oxygen atoms in total. The summed E-state index contributed by atoms with van der Waals surface area (Å²) in [4.78, 5) is 60.6. The van der Waals surface area contributed by atoms with Crippen LogP contribution >= 0.6 is 22.9 Å². The lowest BCUT2D eigenvalue weighted by molar-refractivity contribution is -0.384. The van der Waals surface area contributed by atoms with Crippen LogP contribution in [0.15, 0.2) is 42.5 Å². The first-order valence-electron chi connectivity index (χ1n) is 10.6. The molecular weight excluding hydrogens is 526 g/mol. The summed E-state index contributed by atoms with van der Waals surface area (Å²) in [7, 11) is 1.15. The highest BCUT2D eigenvalue weighted by atomic mass is 35.5. The number of ether oxygens (including phenoxy) is 2. The molecule has 3 aromatic rings. The van der Waals surface area contributed by atoms with Crippen molar-refractivity contribution in [3.05, 3.63) is 84.7 Å². The number of carbonyl (C=O) groups is 4. The molecule has 0 radical (unpaired) electrons. The number of hydrogen-bond donors (Lipinski definition) is 2. The summed E-state index contributed by atoms with van der Waals surface area (Å²) in [6.45, 7) is 3.43. The second-order valence-electron chi connectivity index (χ2n) is 7.38. The quantitative estimate of drug-likeness (QED) is 0.225. The molecule has 2 N–H and O–H groups in total. The first-order valence-corrected chi connectivity index (χ1v) is 11.8. The Hall–Kier alpha value is -4.29.